The summed E-state index contributed by atoms with van der Waals surface area (Å²) in [4.78, 5) is 61.2. The molecule has 0 fully saturated rings. The predicted molar refractivity (Wildman–Crippen MR) is 108 cm³/mol. The number of anilines is 1. The summed E-state index contributed by atoms with van der Waals surface area (Å²) in [6.07, 6.45) is 2.60. The number of benzene rings is 1. The Kier molecular flexibility index (Phi) is 7.39. The van der Waals surface area contributed by atoms with E-state index >= 15 is 0 Å². The molecule has 0 radical (unpaired) electrons. The molecule has 0 saturated heterocycles. The van der Waals surface area contributed by atoms with Gasteiger partial charge in [-0.3, -0.25) is 9.59 Å². The van der Waals surface area contributed by atoms with Gasteiger partial charge in [0.05, 0.1) is 19.6 Å². The molecule has 0 bridgehead atoms. The summed E-state index contributed by atoms with van der Waals surface area (Å²) in [5.41, 5.74) is -2.47. The molecule has 2 amide bonds. The van der Waals surface area contributed by atoms with Crippen molar-refractivity contribution >= 4 is 17.5 Å². The lowest BCUT2D eigenvalue weighted by Gasteiger charge is -2.12. The number of amides is 2. The Morgan fingerprint density at radius 3 is 1.87 bits per heavy atom. The molecule has 10 nitrogen and oxygen atoms in total. The Morgan fingerprint density at radius 1 is 0.867 bits per heavy atom. The zero-order chi connectivity index (χ0) is 22.3. The Morgan fingerprint density at radius 2 is 1.37 bits per heavy atom. The third-order valence-corrected chi connectivity index (χ3v) is 3.88. The van der Waals surface area contributed by atoms with Crippen molar-refractivity contribution in [3.63, 3.8) is 0 Å². The van der Waals surface area contributed by atoms with Crippen LogP contribution in [0.2, 0.25) is 0 Å². The van der Waals surface area contributed by atoms with Crippen molar-refractivity contribution in [2.24, 2.45) is 0 Å². The number of rotatable bonds is 9. The van der Waals surface area contributed by atoms with Crippen LogP contribution in [0.15, 0.2) is 64.0 Å². The standard InChI is InChI=1S/C19H20FN5O5/c1-3-9-23-17(28)24(10-4-2)19(30)25(18(23)29)12-16(27)21-11-15(26)22-14-7-5-13(20)6-8-14/h3-8H,1-2,9-12H2,(H,21,27)(H,22,26). The van der Waals surface area contributed by atoms with Gasteiger partial charge in [-0.1, -0.05) is 12.2 Å². The molecule has 0 aliphatic rings. The zero-order valence-corrected chi connectivity index (χ0v) is 16.0. The fraction of sp³-hybridized carbons (Fsp3) is 0.211. The second kappa shape index (κ2) is 9.96. The van der Waals surface area contributed by atoms with Crippen molar-refractivity contribution < 1.29 is 14.0 Å². The molecule has 1 aromatic heterocycles. The molecule has 158 valence electrons. The number of carbonyl (C=O) groups is 2. The first-order valence-corrected chi connectivity index (χ1v) is 8.76. The highest BCUT2D eigenvalue weighted by atomic mass is 19.1. The monoisotopic (exact) mass is 417 g/mol. The smallest absolute Gasteiger partial charge is 0.337 e. The van der Waals surface area contributed by atoms with Gasteiger partial charge < -0.3 is 10.6 Å². The highest BCUT2D eigenvalue weighted by Crippen LogP contribution is 2.07. The summed E-state index contributed by atoms with van der Waals surface area (Å²) >= 11 is 0. The maximum atomic E-state index is 12.9. The zero-order valence-electron chi connectivity index (χ0n) is 16.0. The van der Waals surface area contributed by atoms with E-state index in [0.29, 0.717) is 10.3 Å². The van der Waals surface area contributed by atoms with Gasteiger partial charge in [0.25, 0.3) is 0 Å². The minimum absolute atomic E-state index is 0.156. The molecule has 2 rings (SSSR count). The van der Waals surface area contributed by atoms with Crippen molar-refractivity contribution in [3.05, 3.63) is 86.8 Å². The van der Waals surface area contributed by atoms with E-state index in [9.17, 15) is 28.4 Å². The first-order chi connectivity index (χ1) is 14.3. The van der Waals surface area contributed by atoms with Gasteiger partial charge in [-0.15, -0.1) is 13.2 Å². The van der Waals surface area contributed by atoms with Gasteiger partial charge in [0, 0.05) is 5.69 Å². The molecule has 30 heavy (non-hydrogen) atoms. The Bertz CT molecular complexity index is 1100. The summed E-state index contributed by atoms with van der Waals surface area (Å²) in [6.45, 7) is 5.45. The lowest BCUT2D eigenvalue weighted by molar-refractivity contribution is -0.124. The molecule has 1 heterocycles. The van der Waals surface area contributed by atoms with Crippen molar-refractivity contribution in [3.8, 4) is 0 Å². The Balaban J connectivity index is 2.14. The van der Waals surface area contributed by atoms with Crippen molar-refractivity contribution in [1.82, 2.24) is 19.0 Å². The van der Waals surface area contributed by atoms with Crippen LogP contribution in [0.1, 0.15) is 0 Å². The average Bonchev–Trinajstić information content (AvgIpc) is 2.72. The van der Waals surface area contributed by atoms with E-state index in [4.69, 9.17) is 0 Å². The molecule has 2 N–H and O–H groups in total. The molecule has 0 atom stereocenters. The van der Waals surface area contributed by atoms with Gasteiger partial charge in [-0.25, -0.2) is 32.5 Å². The van der Waals surface area contributed by atoms with Crippen LogP contribution in [0.3, 0.4) is 0 Å². The van der Waals surface area contributed by atoms with Crippen LogP contribution in [0, 0.1) is 5.82 Å². The van der Waals surface area contributed by atoms with Crippen LogP contribution >= 0.6 is 0 Å². The first-order valence-electron chi connectivity index (χ1n) is 8.76. The van der Waals surface area contributed by atoms with E-state index in [-0.39, 0.29) is 13.1 Å². The lowest BCUT2D eigenvalue weighted by atomic mass is 10.3. The maximum Gasteiger partial charge on any atom is 0.337 e. The van der Waals surface area contributed by atoms with E-state index < -0.39 is 47.8 Å². The largest absolute Gasteiger partial charge is 0.345 e. The molecule has 2 aromatic rings. The van der Waals surface area contributed by atoms with Gasteiger partial charge in [-0.2, -0.15) is 0 Å². The molecule has 11 heteroatoms. The van der Waals surface area contributed by atoms with E-state index in [1.54, 1.807) is 0 Å². The maximum absolute atomic E-state index is 12.9. The number of nitrogens with one attached hydrogen (secondary N) is 2. The second-order valence-electron chi connectivity index (χ2n) is 6.06. The highest BCUT2D eigenvalue weighted by molar-refractivity contribution is 5.94. The summed E-state index contributed by atoms with van der Waals surface area (Å²) in [5.74, 6) is -1.85. The van der Waals surface area contributed by atoms with Crippen molar-refractivity contribution in [2.45, 2.75) is 19.6 Å². The summed E-state index contributed by atoms with van der Waals surface area (Å²) in [6, 6.07) is 5.01. The molecule has 0 unspecified atom stereocenters. The first kappa shape index (κ1) is 22.3. The highest BCUT2D eigenvalue weighted by Gasteiger charge is 2.17. The molecular weight excluding hydrogens is 397 g/mol. The molecule has 1 aromatic carbocycles. The van der Waals surface area contributed by atoms with Crippen LogP contribution in [-0.2, 0) is 29.2 Å². The normalized spacial score (nSPS) is 10.3. The van der Waals surface area contributed by atoms with E-state index in [2.05, 4.69) is 23.8 Å². The number of allylic oxidation sites excluding steroid dienone is 2. The summed E-state index contributed by atoms with van der Waals surface area (Å²) < 4.78 is 15.0. The van der Waals surface area contributed by atoms with Gasteiger partial charge in [0.2, 0.25) is 11.8 Å². The van der Waals surface area contributed by atoms with Crippen LogP contribution in [-0.4, -0.2) is 32.1 Å². The lowest BCUT2D eigenvalue weighted by Crippen LogP contribution is -2.55. The SMILES string of the molecule is C=CCn1c(=O)n(CC=C)c(=O)n(CC(=O)NCC(=O)Nc2ccc(F)cc2)c1=O. The number of hydrogen-bond donors (Lipinski definition) is 2. The van der Waals surface area contributed by atoms with Gasteiger partial charge >= 0.3 is 17.1 Å². The fourth-order valence-electron chi connectivity index (χ4n) is 2.51. The van der Waals surface area contributed by atoms with E-state index in [0.717, 1.165) is 21.3 Å². The van der Waals surface area contributed by atoms with Crippen LogP contribution in [0.25, 0.3) is 0 Å². The number of halogens is 1. The number of hydrogen-bond acceptors (Lipinski definition) is 5. The Labute approximate surface area is 169 Å². The quantitative estimate of drug-likeness (QED) is 0.529. The number of aromatic nitrogens is 3. The van der Waals surface area contributed by atoms with Gasteiger partial charge in [0.1, 0.15) is 12.4 Å². The second-order valence-corrected chi connectivity index (χ2v) is 6.06. The van der Waals surface area contributed by atoms with E-state index in [1.807, 2.05) is 0 Å². The topological polar surface area (TPSA) is 124 Å². The minimum Gasteiger partial charge on any atom is -0.345 e. The molecule has 0 aliphatic carbocycles. The number of nitrogens with zero attached hydrogens (tertiary/aromatic N) is 3. The van der Waals surface area contributed by atoms with Crippen LogP contribution < -0.4 is 27.7 Å². The minimum atomic E-state index is -0.976. The van der Waals surface area contributed by atoms with Crippen molar-refractivity contribution in [1.29, 1.82) is 0 Å². The van der Waals surface area contributed by atoms with Crippen LogP contribution in [0.4, 0.5) is 10.1 Å². The molecule has 0 saturated carbocycles. The van der Waals surface area contributed by atoms with Crippen molar-refractivity contribution in [2.75, 3.05) is 11.9 Å². The summed E-state index contributed by atoms with van der Waals surface area (Å²) in [5, 5.41) is 4.72. The third kappa shape index (κ3) is 5.28. The third-order valence-electron chi connectivity index (χ3n) is 3.88. The molecular formula is C19H20FN5O5. The Hall–Kier alpha value is -4.02. The van der Waals surface area contributed by atoms with E-state index in [1.165, 1.54) is 24.3 Å². The average molecular weight is 417 g/mol. The van der Waals surface area contributed by atoms with Gasteiger partial charge in [0.15, 0.2) is 0 Å². The fourth-order valence-corrected chi connectivity index (χ4v) is 2.51. The molecule has 0 aliphatic heterocycles. The van der Waals surface area contributed by atoms with Gasteiger partial charge in [-0.05, 0) is 24.3 Å². The van der Waals surface area contributed by atoms with Crippen LogP contribution in [0.5, 0.6) is 0 Å². The number of carbonyl (C=O) groups excluding carboxylic acids is 2. The summed E-state index contributed by atoms with van der Waals surface area (Å²) in [7, 11) is 0. The molecule has 0 spiro atoms. The predicted octanol–water partition coefficient (Wildman–Crippen LogP) is -0.562.